The lowest BCUT2D eigenvalue weighted by Crippen LogP contribution is -2.51. The molecule has 12 nitrogen and oxygen atoms in total. The van der Waals surface area contributed by atoms with Crippen molar-refractivity contribution in [3.05, 3.63) is 68.4 Å². The highest BCUT2D eigenvalue weighted by Crippen LogP contribution is 2.35. The second-order valence-corrected chi connectivity index (χ2v) is 10.9. The Bertz CT molecular complexity index is 1700. The molecule has 4 heterocycles. The Morgan fingerprint density at radius 1 is 1.23 bits per heavy atom. The first kappa shape index (κ1) is 27.7. The van der Waals surface area contributed by atoms with E-state index in [9.17, 15) is 23.9 Å². The number of amides is 1. The largest absolute Gasteiger partial charge is 0.496 e. The zero-order chi connectivity index (χ0) is 28.8. The fourth-order valence-electron chi connectivity index (χ4n) is 5.31. The van der Waals surface area contributed by atoms with Gasteiger partial charge in [0.2, 0.25) is 5.91 Å². The van der Waals surface area contributed by atoms with Gasteiger partial charge in [0.1, 0.15) is 27.5 Å². The molecule has 212 valence electrons. The van der Waals surface area contributed by atoms with Crippen molar-refractivity contribution < 1.29 is 23.8 Å². The van der Waals surface area contributed by atoms with E-state index in [0.717, 1.165) is 15.9 Å². The van der Waals surface area contributed by atoms with Gasteiger partial charge < -0.3 is 19.5 Å². The van der Waals surface area contributed by atoms with Crippen molar-refractivity contribution in [2.75, 3.05) is 33.9 Å². The fraction of sp³-hybridized carbons (Fsp3) is 0.423. The summed E-state index contributed by atoms with van der Waals surface area (Å²) < 4.78 is 28.3. The fourth-order valence-corrected chi connectivity index (χ4v) is 6.53. The van der Waals surface area contributed by atoms with Crippen molar-refractivity contribution >= 4 is 27.5 Å². The van der Waals surface area contributed by atoms with Crippen LogP contribution >= 0.6 is 11.3 Å². The van der Waals surface area contributed by atoms with Crippen LogP contribution in [0.2, 0.25) is 0 Å². The lowest BCUT2D eigenvalue weighted by Gasteiger charge is -2.27. The molecule has 2 atom stereocenters. The van der Waals surface area contributed by atoms with Crippen LogP contribution in [0.4, 0.5) is 4.39 Å². The van der Waals surface area contributed by atoms with Crippen molar-refractivity contribution in [3.8, 4) is 10.8 Å². The number of hydrogen-bond acceptors (Lipinski definition) is 9. The molecule has 1 saturated heterocycles. The second kappa shape index (κ2) is 10.6. The Kier molecular flexibility index (Phi) is 7.33. The monoisotopic (exact) mass is 572 g/mol. The maximum atomic E-state index is 14.4. The summed E-state index contributed by atoms with van der Waals surface area (Å²) in [7, 11) is 3.06. The number of aliphatic hydroxyl groups is 1. The third-order valence-corrected chi connectivity index (χ3v) is 8.44. The number of benzene rings is 1. The number of hydrogen-bond donors (Lipinski definition) is 1. The number of aromatic nitrogens is 5. The van der Waals surface area contributed by atoms with Crippen molar-refractivity contribution in [1.29, 1.82) is 0 Å². The van der Waals surface area contributed by atoms with Gasteiger partial charge in [0.25, 0.3) is 5.56 Å². The second-order valence-electron chi connectivity index (χ2n) is 9.96. The minimum absolute atomic E-state index is 0.0247. The molecule has 3 aromatic heterocycles. The predicted molar refractivity (Wildman–Crippen MR) is 145 cm³/mol. The van der Waals surface area contributed by atoms with Gasteiger partial charge in [-0.25, -0.2) is 9.18 Å². The van der Waals surface area contributed by atoms with E-state index in [4.69, 9.17) is 9.47 Å². The number of aryl methyl sites for hydroxylation is 1. The quantitative estimate of drug-likeness (QED) is 0.320. The average molecular weight is 573 g/mol. The van der Waals surface area contributed by atoms with E-state index in [0.29, 0.717) is 26.7 Å². The molecule has 1 aliphatic rings. The number of likely N-dealkylation sites (N-methyl/N-ethyl adjacent to an activating group) is 1. The predicted octanol–water partition coefficient (Wildman–Crippen LogP) is 1.59. The molecule has 1 N–H and O–H groups in total. The Labute approximate surface area is 231 Å². The summed E-state index contributed by atoms with van der Waals surface area (Å²) in [5, 5.41) is 18.7. The van der Waals surface area contributed by atoms with Crippen LogP contribution in [-0.4, -0.2) is 74.0 Å². The van der Waals surface area contributed by atoms with Gasteiger partial charge in [-0.2, -0.15) is 10.2 Å². The van der Waals surface area contributed by atoms with Crippen LogP contribution in [0.25, 0.3) is 15.2 Å². The molecule has 1 fully saturated rings. The van der Waals surface area contributed by atoms with Gasteiger partial charge in [0.15, 0.2) is 0 Å². The van der Waals surface area contributed by atoms with Crippen LogP contribution in [0.5, 0.6) is 5.75 Å². The Balaban J connectivity index is 1.79. The highest BCUT2D eigenvalue weighted by molar-refractivity contribution is 7.21. The number of ether oxygens (including phenoxy) is 2. The Hall–Kier alpha value is -3.88. The first-order valence-corrected chi connectivity index (χ1v) is 13.4. The first-order chi connectivity index (χ1) is 19.1. The van der Waals surface area contributed by atoms with Crippen molar-refractivity contribution in [2.45, 2.75) is 38.5 Å². The number of rotatable bonds is 9. The SMILES string of the molecule is COc1ccc(F)cc1[C@H](Cn1c(=O)n([C@]2(C)CC(=O)N(C)C2)c(=O)c2c(C)c(-n3nccn3)sc21)OCCO. The third-order valence-electron chi connectivity index (χ3n) is 7.16. The van der Waals surface area contributed by atoms with E-state index in [1.807, 2.05) is 0 Å². The topological polar surface area (TPSA) is 134 Å². The maximum Gasteiger partial charge on any atom is 0.332 e. The number of halogens is 1. The van der Waals surface area contributed by atoms with E-state index in [1.54, 1.807) is 20.9 Å². The number of methoxy groups -OCH3 is 1. The number of carbonyl (C=O) groups is 1. The van der Waals surface area contributed by atoms with Crippen LogP contribution < -0.4 is 16.0 Å². The van der Waals surface area contributed by atoms with Crippen molar-refractivity contribution in [3.63, 3.8) is 0 Å². The van der Waals surface area contributed by atoms with E-state index < -0.39 is 28.7 Å². The summed E-state index contributed by atoms with van der Waals surface area (Å²) in [5.74, 6) is -0.381. The Morgan fingerprint density at radius 2 is 1.95 bits per heavy atom. The molecule has 1 aliphatic heterocycles. The molecule has 5 rings (SSSR count). The van der Waals surface area contributed by atoms with E-state index in [-0.39, 0.29) is 44.0 Å². The molecule has 0 aliphatic carbocycles. The number of likely N-dealkylation sites (tertiary alicyclic amines) is 1. The van der Waals surface area contributed by atoms with Gasteiger partial charge in [-0.3, -0.25) is 18.7 Å². The van der Waals surface area contributed by atoms with Crippen molar-refractivity contribution in [1.82, 2.24) is 29.0 Å². The van der Waals surface area contributed by atoms with Gasteiger partial charge >= 0.3 is 5.69 Å². The molecule has 0 bridgehead atoms. The highest BCUT2D eigenvalue weighted by Gasteiger charge is 2.42. The minimum atomic E-state index is -1.10. The lowest BCUT2D eigenvalue weighted by atomic mass is 10.0. The van der Waals surface area contributed by atoms with Crippen molar-refractivity contribution in [2.24, 2.45) is 0 Å². The maximum absolute atomic E-state index is 14.4. The minimum Gasteiger partial charge on any atom is -0.496 e. The first-order valence-electron chi connectivity index (χ1n) is 12.6. The molecule has 1 aromatic carbocycles. The lowest BCUT2D eigenvalue weighted by molar-refractivity contribution is -0.126. The summed E-state index contributed by atoms with van der Waals surface area (Å²) in [6.07, 6.45) is 2.05. The molecular weight excluding hydrogens is 543 g/mol. The van der Waals surface area contributed by atoms with Crippen LogP contribution in [0.15, 0.2) is 40.2 Å². The Morgan fingerprint density at radius 3 is 2.58 bits per heavy atom. The number of aliphatic hydroxyl groups excluding tert-OH is 1. The van der Waals surface area contributed by atoms with Gasteiger partial charge in [-0.05, 0) is 32.0 Å². The van der Waals surface area contributed by atoms with E-state index in [2.05, 4.69) is 10.2 Å². The molecule has 0 unspecified atom stereocenters. The standard InChI is InChI=1S/C26H29FN6O6S/c1-15-21-22(36)32(26(2)12-20(35)30(3)14-26)25(37)31(24(21)40-23(15)33-28-7-8-29-33)13-19(39-10-9-34)17-11-16(27)5-6-18(17)38-4/h5-8,11,19,34H,9-10,12-14H2,1-4H3/t19-,26+/m0/s1. The molecule has 14 heteroatoms. The molecule has 4 aromatic rings. The van der Waals surface area contributed by atoms with Gasteiger partial charge in [0.05, 0.1) is 56.6 Å². The van der Waals surface area contributed by atoms with Crippen LogP contribution in [-0.2, 0) is 21.6 Å². The highest BCUT2D eigenvalue weighted by atomic mass is 32.1. The van der Waals surface area contributed by atoms with Gasteiger partial charge in [-0.15, -0.1) is 4.80 Å². The zero-order valence-corrected chi connectivity index (χ0v) is 23.3. The van der Waals surface area contributed by atoms with E-state index >= 15 is 0 Å². The third kappa shape index (κ3) is 4.61. The molecule has 40 heavy (non-hydrogen) atoms. The van der Waals surface area contributed by atoms with Gasteiger partial charge in [-0.1, -0.05) is 11.3 Å². The van der Waals surface area contributed by atoms with Crippen LogP contribution in [0.1, 0.15) is 30.6 Å². The van der Waals surface area contributed by atoms with Gasteiger partial charge in [0, 0.05) is 24.7 Å². The summed E-state index contributed by atoms with van der Waals surface area (Å²) in [6.45, 7) is 3.09. The van der Waals surface area contributed by atoms with Crippen LogP contribution in [0, 0.1) is 12.7 Å². The number of fused-ring (bicyclic) bond motifs is 1. The number of thiophene rings is 1. The summed E-state index contributed by atoms with van der Waals surface area (Å²) >= 11 is 1.16. The smallest absolute Gasteiger partial charge is 0.332 e. The number of nitrogens with zero attached hydrogens (tertiary/aromatic N) is 6. The molecule has 0 saturated carbocycles. The molecule has 0 radical (unpaired) electrons. The summed E-state index contributed by atoms with van der Waals surface area (Å²) in [5.41, 5.74) is -1.37. The molecule has 0 spiro atoms. The summed E-state index contributed by atoms with van der Waals surface area (Å²) in [6, 6.07) is 3.96. The average Bonchev–Trinajstić information content (AvgIpc) is 3.62. The zero-order valence-electron chi connectivity index (χ0n) is 22.5. The normalized spacial score (nSPS) is 18.1. The van der Waals surface area contributed by atoms with Crippen LogP contribution in [0.3, 0.4) is 0 Å². The van der Waals surface area contributed by atoms with E-state index in [1.165, 1.54) is 52.0 Å². The number of carbonyl (C=O) groups excluding carboxylic acids is 1. The molecule has 1 amide bonds. The summed E-state index contributed by atoms with van der Waals surface area (Å²) in [4.78, 5) is 44.0. The molecular formula is C26H29FN6O6S.